The summed E-state index contributed by atoms with van der Waals surface area (Å²) in [5.41, 5.74) is 4.55. The summed E-state index contributed by atoms with van der Waals surface area (Å²) in [6, 6.07) is 23.4. The molecule has 10 nitrogen and oxygen atoms in total. The van der Waals surface area contributed by atoms with E-state index in [9.17, 15) is 17.8 Å². The smallest absolute Gasteiger partial charge is 0.365 e. The van der Waals surface area contributed by atoms with E-state index in [1.807, 2.05) is 80.7 Å². The fourth-order valence-corrected chi connectivity index (χ4v) is 5.26. The number of aromatic nitrogens is 3. The van der Waals surface area contributed by atoms with Gasteiger partial charge in [-0.25, -0.2) is 22.9 Å². The second kappa shape index (κ2) is 11.1. The van der Waals surface area contributed by atoms with Gasteiger partial charge in [-0.2, -0.15) is 4.98 Å². The van der Waals surface area contributed by atoms with Crippen molar-refractivity contribution in [3.05, 3.63) is 106 Å². The normalized spacial score (nSPS) is 16.6. The van der Waals surface area contributed by atoms with Crippen LogP contribution in [0.15, 0.2) is 99.2 Å². The lowest BCUT2D eigenvalue weighted by atomic mass is 10.1. The summed E-state index contributed by atoms with van der Waals surface area (Å²) >= 11 is 0. The molecule has 3 heterocycles. The number of anilines is 1. The van der Waals surface area contributed by atoms with Gasteiger partial charge in [0.05, 0.1) is 34.2 Å². The van der Waals surface area contributed by atoms with Gasteiger partial charge in [0.1, 0.15) is 10.1 Å². The van der Waals surface area contributed by atoms with E-state index < -0.39 is 10.1 Å². The molecule has 41 heavy (non-hydrogen) atoms. The molecule has 0 bridgehead atoms. The highest BCUT2D eigenvalue weighted by Crippen LogP contribution is 2.28. The number of fused-ring (bicyclic) bond motifs is 2. The molecular formula is C30H29N5O5S. The van der Waals surface area contributed by atoms with Crippen LogP contribution in [0.3, 0.4) is 0 Å². The van der Waals surface area contributed by atoms with Crippen molar-refractivity contribution in [1.82, 2.24) is 14.7 Å². The maximum atomic E-state index is 12.5. The molecule has 2 atom stereocenters. The minimum atomic E-state index is -4.27. The number of likely N-dealkylation sites (N-methyl/N-ethyl adjacent to an activating group) is 2. The van der Waals surface area contributed by atoms with E-state index >= 15 is 0 Å². The van der Waals surface area contributed by atoms with Crippen LogP contribution in [0.5, 0.6) is 0 Å². The predicted molar refractivity (Wildman–Crippen MR) is 156 cm³/mol. The van der Waals surface area contributed by atoms with E-state index in [-0.39, 0.29) is 16.7 Å². The first-order chi connectivity index (χ1) is 19.5. The molecule has 2 unspecified atom stereocenters. The molecule has 0 spiro atoms. The van der Waals surface area contributed by atoms with Crippen molar-refractivity contribution in [3.8, 4) is 11.3 Å². The standard InChI is InChI=1S/C23H21N5O2.C7H8O3S/c1-26-19(27(2)22-21(26)24-17-11-7-8-12-18(17)25-22)14-13-16-20(28(3)30-23(16)29)15-9-5-4-6-10-15;1-6-2-4-7(5-3-6)11(8,9)10/h4-14,19H,1-3H3;2-5H,1H3,(H,8,9,10)/b14-13+;. The highest BCUT2D eigenvalue weighted by atomic mass is 32.2. The van der Waals surface area contributed by atoms with Gasteiger partial charge in [-0.05, 0) is 43.3 Å². The fraction of sp³-hybridized carbons (Fsp3) is 0.167. The first-order valence-corrected chi connectivity index (χ1v) is 14.3. The first kappa shape index (κ1) is 28.0. The minimum Gasteiger partial charge on any atom is -0.744 e. The Morgan fingerprint density at radius 2 is 1.54 bits per heavy atom. The number of hydrogen-bond donors (Lipinski definition) is 1. The zero-order valence-corrected chi connectivity index (χ0v) is 23.8. The van der Waals surface area contributed by atoms with Crippen LogP contribution in [0.1, 0.15) is 11.1 Å². The molecule has 0 fully saturated rings. The van der Waals surface area contributed by atoms with Gasteiger partial charge >= 0.3 is 5.63 Å². The zero-order valence-electron chi connectivity index (χ0n) is 23.0. The maximum Gasteiger partial charge on any atom is 0.365 e. The van der Waals surface area contributed by atoms with Gasteiger partial charge in [0, 0.05) is 19.7 Å². The molecule has 3 aromatic carbocycles. The zero-order chi connectivity index (χ0) is 29.3. The third kappa shape index (κ3) is 5.68. The minimum absolute atomic E-state index is 0.0416. The molecule has 1 aliphatic rings. The molecule has 0 radical (unpaired) electrons. The number of hydrogen-bond acceptors (Lipinski definition) is 8. The summed E-state index contributed by atoms with van der Waals surface area (Å²) in [7, 11) is 1.54. The number of aryl methyl sites for hydroxylation is 2. The summed E-state index contributed by atoms with van der Waals surface area (Å²) in [4.78, 5) is 25.1. The Morgan fingerprint density at radius 1 is 0.927 bits per heavy atom. The lowest BCUT2D eigenvalue weighted by Crippen LogP contribution is -3.08. The number of benzene rings is 3. The molecule has 0 saturated heterocycles. The molecule has 0 aliphatic carbocycles. The summed E-state index contributed by atoms with van der Waals surface area (Å²) in [5, 5.41) is 0. The lowest BCUT2D eigenvalue weighted by Gasteiger charge is -2.18. The summed E-state index contributed by atoms with van der Waals surface area (Å²) in [6.07, 6.45) is 3.83. The van der Waals surface area contributed by atoms with Gasteiger partial charge in [-0.3, -0.25) is 9.80 Å². The van der Waals surface area contributed by atoms with Crippen molar-refractivity contribution in [3.63, 3.8) is 0 Å². The summed E-state index contributed by atoms with van der Waals surface area (Å²) in [6.45, 7) is 1.82. The van der Waals surface area contributed by atoms with E-state index in [0.717, 1.165) is 44.4 Å². The molecular weight excluding hydrogens is 542 g/mol. The van der Waals surface area contributed by atoms with Gasteiger partial charge < -0.3 is 9.08 Å². The Hall–Kier alpha value is -4.58. The van der Waals surface area contributed by atoms with E-state index in [2.05, 4.69) is 11.9 Å². The fourth-order valence-electron chi connectivity index (χ4n) is 4.80. The quantitative estimate of drug-likeness (QED) is 0.326. The van der Waals surface area contributed by atoms with Gasteiger partial charge in [-0.1, -0.05) is 60.2 Å². The van der Waals surface area contributed by atoms with Crippen molar-refractivity contribution >= 4 is 38.9 Å². The van der Waals surface area contributed by atoms with E-state index in [4.69, 9.17) is 14.5 Å². The van der Waals surface area contributed by atoms with E-state index in [1.165, 1.54) is 16.9 Å². The van der Waals surface area contributed by atoms with E-state index in [1.54, 1.807) is 19.2 Å². The molecule has 1 aliphatic heterocycles. The third-order valence-corrected chi connectivity index (χ3v) is 7.78. The molecule has 11 heteroatoms. The van der Waals surface area contributed by atoms with Crippen LogP contribution in [-0.4, -0.2) is 47.9 Å². The first-order valence-electron chi connectivity index (χ1n) is 12.8. The predicted octanol–water partition coefficient (Wildman–Crippen LogP) is 3.12. The SMILES string of the molecule is CN1c2nc3ccccc3nc2[NH+](C)C1/C=C/c1c(-c2ccccc2)n(C)oc1=O.Cc1ccc(S(=O)(=O)[O-])cc1. The van der Waals surface area contributed by atoms with Crippen LogP contribution in [0, 0.1) is 6.92 Å². The molecule has 0 saturated carbocycles. The Balaban J connectivity index is 0.000000259. The van der Waals surface area contributed by atoms with Crippen molar-refractivity contribution in [2.75, 3.05) is 19.0 Å². The average Bonchev–Trinajstić information content (AvgIpc) is 3.36. The van der Waals surface area contributed by atoms with Gasteiger partial charge in [-0.15, -0.1) is 0 Å². The molecule has 6 rings (SSSR count). The van der Waals surface area contributed by atoms with Crippen molar-refractivity contribution in [2.45, 2.75) is 18.0 Å². The maximum absolute atomic E-state index is 12.5. The van der Waals surface area contributed by atoms with Crippen LogP contribution in [0.25, 0.3) is 28.4 Å². The van der Waals surface area contributed by atoms with Crippen LogP contribution in [-0.2, 0) is 17.2 Å². The second-order valence-corrected chi connectivity index (χ2v) is 11.1. The van der Waals surface area contributed by atoms with Crippen molar-refractivity contribution < 1.29 is 22.4 Å². The number of rotatable bonds is 4. The van der Waals surface area contributed by atoms with Crippen LogP contribution in [0.4, 0.5) is 11.6 Å². The number of quaternary nitrogens is 1. The van der Waals surface area contributed by atoms with Gasteiger partial charge in [0.2, 0.25) is 5.82 Å². The molecule has 2 aromatic heterocycles. The summed E-state index contributed by atoms with van der Waals surface area (Å²) < 4.78 is 38.0. The molecule has 1 N–H and O–H groups in total. The highest BCUT2D eigenvalue weighted by molar-refractivity contribution is 7.85. The molecule has 210 valence electrons. The Labute approximate surface area is 237 Å². The average molecular weight is 572 g/mol. The van der Waals surface area contributed by atoms with Gasteiger partial charge in [0.15, 0.2) is 6.17 Å². The highest BCUT2D eigenvalue weighted by Gasteiger charge is 2.38. The van der Waals surface area contributed by atoms with E-state index in [0.29, 0.717) is 5.56 Å². The summed E-state index contributed by atoms with van der Waals surface area (Å²) in [5.74, 6) is 1.75. The van der Waals surface area contributed by atoms with Crippen molar-refractivity contribution in [1.29, 1.82) is 0 Å². The second-order valence-electron chi connectivity index (χ2n) is 9.75. The number of nitrogens with zero attached hydrogens (tertiary/aromatic N) is 4. The van der Waals surface area contributed by atoms with Gasteiger partial charge in [0.25, 0.3) is 5.82 Å². The van der Waals surface area contributed by atoms with Crippen LogP contribution in [0.2, 0.25) is 0 Å². The third-order valence-electron chi connectivity index (χ3n) is 6.93. The lowest BCUT2D eigenvalue weighted by molar-refractivity contribution is -0.825. The largest absolute Gasteiger partial charge is 0.744 e. The number of para-hydroxylation sites is 2. The van der Waals surface area contributed by atoms with Crippen LogP contribution >= 0.6 is 0 Å². The Kier molecular flexibility index (Phi) is 7.59. The van der Waals surface area contributed by atoms with Crippen molar-refractivity contribution in [2.24, 2.45) is 7.05 Å². The van der Waals surface area contributed by atoms with Crippen LogP contribution < -0.4 is 15.4 Å². The Bertz CT molecular complexity index is 1850. The molecule has 0 amide bonds. The number of nitrogens with one attached hydrogen (secondary N) is 1. The topological polar surface area (TPSA) is 126 Å². The Morgan fingerprint density at radius 3 is 2.17 bits per heavy atom. The molecule has 5 aromatic rings. The monoisotopic (exact) mass is 571 g/mol.